The lowest BCUT2D eigenvalue weighted by atomic mass is 10.2. The van der Waals surface area contributed by atoms with Crippen molar-refractivity contribution in [2.75, 3.05) is 18.0 Å². The molecule has 3 aromatic carbocycles. The molecule has 3 rings (SSSR count). The van der Waals surface area contributed by atoms with E-state index in [9.17, 15) is 18.3 Å². The highest BCUT2D eigenvalue weighted by atomic mass is 32.2. The van der Waals surface area contributed by atoms with E-state index >= 15 is 0 Å². The molecule has 2 N–H and O–H groups in total. The summed E-state index contributed by atoms with van der Waals surface area (Å²) >= 11 is 0. The number of methoxy groups -OCH3 is 1. The molecule has 166 valence electrons. The lowest BCUT2D eigenvalue weighted by Gasteiger charge is -2.25. The van der Waals surface area contributed by atoms with Crippen LogP contribution in [0.25, 0.3) is 0 Å². The van der Waals surface area contributed by atoms with Crippen LogP contribution in [0.5, 0.6) is 11.5 Å². The summed E-state index contributed by atoms with van der Waals surface area (Å²) in [4.78, 5) is 12.7. The number of nitrogens with zero attached hydrogens (tertiary/aromatic N) is 2. The zero-order chi connectivity index (χ0) is 23.1. The second-order valence-corrected chi connectivity index (χ2v) is 8.66. The third-order valence-electron chi connectivity index (χ3n) is 4.65. The molecule has 32 heavy (non-hydrogen) atoms. The molecule has 0 heterocycles. The molecule has 3 aromatic rings. The van der Waals surface area contributed by atoms with Crippen LogP contribution in [0.15, 0.2) is 82.8 Å². The van der Waals surface area contributed by atoms with Crippen LogP contribution in [-0.2, 0) is 14.8 Å². The minimum absolute atomic E-state index is 0.0702. The Balaban J connectivity index is 1.84. The van der Waals surface area contributed by atoms with Gasteiger partial charge in [-0.25, -0.2) is 13.8 Å². The number of phenols is 1. The van der Waals surface area contributed by atoms with Gasteiger partial charge in [0.05, 0.1) is 23.9 Å². The Morgan fingerprint density at radius 2 is 1.75 bits per heavy atom. The Hall–Kier alpha value is -3.85. The number of carbonyl (C=O) groups is 1. The monoisotopic (exact) mass is 453 g/mol. The number of benzene rings is 3. The number of aryl methyl sites for hydroxylation is 1. The van der Waals surface area contributed by atoms with Gasteiger partial charge in [0.25, 0.3) is 15.9 Å². The first-order valence-electron chi connectivity index (χ1n) is 9.66. The largest absolute Gasteiger partial charge is 0.504 e. The lowest BCUT2D eigenvalue weighted by molar-refractivity contribution is -0.119. The standard InChI is InChI=1S/C23H23N3O5S/c1-17-9-6-7-13-20(17)26(32(29,30)19-11-4-3-5-12-19)16-22(27)25-24-15-18-10-8-14-21(31-2)23(18)28/h3-15,28H,16H2,1-2H3,(H,25,27)/b24-15-. The molecule has 0 spiro atoms. The van der Waals surface area contributed by atoms with Gasteiger partial charge in [-0.05, 0) is 42.8 Å². The number of phenolic OH excluding ortho intramolecular Hbond substituents is 1. The van der Waals surface area contributed by atoms with Crippen molar-refractivity contribution in [3.05, 3.63) is 83.9 Å². The Labute approximate surface area is 186 Å². The average molecular weight is 454 g/mol. The quantitative estimate of drug-likeness (QED) is 0.403. The zero-order valence-corrected chi connectivity index (χ0v) is 18.4. The molecule has 0 aromatic heterocycles. The number of hydrazone groups is 1. The van der Waals surface area contributed by atoms with Crippen LogP contribution in [0.2, 0.25) is 0 Å². The summed E-state index contributed by atoms with van der Waals surface area (Å²) in [5, 5.41) is 13.9. The smallest absolute Gasteiger partial charge is 0.264 e. The maximum absolute atomic E-state index is 13.3. The molecule has 0 atom stereocenters. The van der Waals surface area contributed by atoms with E-state index in [1.54, 1.807) is 67.6 Å². The maximum Gasteiger partial charge on any atom is 0.264 e. The third-order valence-corrected chi connectivity index (χ3v) is 6.42. The Morgan fingerprint density at radius 3 is 2.44 bits per heavy atom. The minimum atomic E-state index is -4.00. The lowest BCUT2D eigenvalue weighted by Crippen LogP contribution is -2.40. The fourth-order valence-corrected chi connectivity index (χ4v) is 4.52. The number of rotatable bonds is 8. The first-order valence-corrected chi connectivity index (χ1v) is 11.1. The van der Waals surface area contributed by atoms with E-state index < -0.39 is 22.5 Å². The van der Waals surface area contributed by atoms with Gasteiger partial charge >= 0.3 is 0 Å². The first kappa shape index (κ1) is 22.8. The summed E-state index contributed by atoms with van der Waals surface area (Å²) < 4.78 is 32.7. The summed E-state index contributed by atoms with van der Waals surface area (Å²) in [6, 6.07) is 19.6. The van der Waals surface area contributed by atoms with E-state index in [0.29, 0.717) is 16.8 Å². The van der Waals surface area contributed by atoms with E-state index in [1.165, 1.54) is 25.5 Å². The van der Waals surface area contributed by atoms with E-state index in [0.717, 1.165) is 4.31 Å². The van der Waals surface area contributed by atoms with Gasteiger partial charge in [0.1, 0.15) is 6.54 Å². The van der Waals surface area contributed by atoms with Gasteiger partial charge in [0, 0.05) is 5.56 Å². The number of hydrogen-bond donors (Lipinski definition) is 2. The van der Waals surface area contributed by atoms with Crippen molar-refractivity contribution in [3.63, 3.8) is 0 Å². The van der Waals surface area contributed by atoms with E-state index in [2.05, 4.69) is 10.5 Å². The molecule has 0 unspecified atom stereocenters. The van der Waals surface area contributed by atoms with Gasteiger partial charge in [-0.15, -0.1) is 0 Å². The third kappa shape index (κ3) is 5.06. The number of carbonyl (C=O) groups excluding carboxylic acids is 1. The molecule has 0 saturated carbocycles. The molecular formula is C23H23N3O5S. The number of hydrogen-bond acceptors (Lipinski definition) is 6. The van der Waals surface area contributed by atoms with Crippen molar-refractivity contribution in [1.29, 1.82) is 0 Å². The second-order valence-electron chi connectivity index (χ2n) is 6.80. The van der Waals surface area contributed by atoms with Crippen LogP contribution in [0, 0.1) is 6.92 Å². The van der Waals surface area contributed by atoms with Gasteiger partial charge < -0.3 is 9.84 Å². The van der Waals surface area contributed by atoms with Gasteiger partial charge in [0.15, 0.2) is 11.5 Å². The molecule has 8 nitrogen and oxygen atoms in total. The highest BCUT2D eigenvalue weighted by molar-refractivity contribution is 7.92. The summed E-state index contributed by atoms with van der Waals surface area (Å²) in [7, 11) is -2.58. The van der Waals surface area contributed by atoms with E-state index in [4.69, 9.17) is 4.74 Å². The number of para-hydroxylation sites is 2. The summed E-state index contributed by atoms with van der Waals surface area (Å²) in [5.41, 5.74) is 3.73. The second kappa shape index (κ2) is 9.97. The van der Waals surface area contributed by atoms with Crippen LogP contribution < -0.4 is 14.5 Å². The van der Waals surface area contributed by atoms with Crippen LogP contribution in [0.1, 0.15) is 11.1 Å². The van der Waals surface area contributed by atoms with Crippen LogP contribution >= 0.6 is 0 Å². The van der Waals surface area contributed by atoms with Crippen molar-refractivity contribution in [2.24, 2.45) is 5.10 Å². The first-order chi connectivity index (χ1) is 15.3. The summed E-state index contributed by atoms with van der Waals surface area (Å²) in [5.74, 6) is -0.507. The van der Waals surface area contributed by atoms with Gasteiger partial charge in [-0.2, -0.15) is 5.10 Å². The number of aromatic hydroxyl groups is 1. The molecule has 0 aliphatic heterocycles. The van der Waals surface area contributed by atoms with Crippen LogP contribution in [0.4, 0.5) is 5.69 Å². The van der Waals surface area contributed by atoms with E-state index in [-0.39, 0.29) is 16.4 Å². The topological polar surface area (TPSA) is 108 Å². The van der Waals surface area contributed by atoms with Crippen LogP contribution in [-0.4, -0.2) is 39.3 Å². The maximum atomic E-state index is 13.3. The molecule has 1 amide bonds. The van der Waals surface area contributed by atoms with Crippen molar-refractivity contribution in [3.8, 4) is 11.5 Å². The fourth-order valence-electron chi connectivity index (χ4n) is 3.01. The van der Waals surface area contributed by atoms with Gasteiger partial charge in [0.2, 0.25) is 0 Å². The van der Waals surface area contributed by atoms with Crippen LogP contribution in [0.3, 0.4) is 0 Å². The fraction of sp³-hybridized carbons (Fsp3) is 0.130. The van der Waals surface area contributed by atoms with Crippen molar-refractivity contribution >= 4 is 27.8 Å². The number of ether oxygens (including phenoxy) is 1. The highest BCUT2D eigenvalue weighted by Crippen LogP contribution is 2.28. The molecule has 0 aliphatic rings. The normalized spacial score (nSPS) is 11.3. The number of nitrogens with one attached hydrogen (secondary N) is 1. The van der Waals surface area contributed by atoms with Gasteiger partial charge in [-0.1, -0.05) is 42.5 Å². The minimum Gasteiger partial charge on any atom is -0.504 e. The van der Waals surface area contributed by atoms with E-state index in [1.807, 2.05) is 0 Å². The molecular weight excluding hydrogens is 430 g/mol. The Bertz CT molecular complexity index is 1230. The van der Waals surface area contributed by atoms with Crippen molar-refractivity contribution in [1.82, 2.24) is 5.43 Å². The predicted molar refractivity (Wildman–Crippen MR) is 123 cm³/mol. The Kier molecular flexibility index (Phi) is 7.11. The van der Waals surface area contributed by atoms with Crippen molar-refractivity contribution in [2.45, 2.75) is 11.8 Å². The molecule has 0 fully saturated rings. The SMILES string of the molecule is COc1cccc(/C=N\NC(=O)CN(c2ccccc2C)S(=O)(=O)c2ccccc2)c1O. The molecule has 0 bridgehead atoms. The number of sulfonamides is 1. The zero-order valence-electron chi connectivity index (χ0n) is 17.6. The molecule has 9 heteroatoms. The number of amides is 1. The Morgan fingerprint density at radius 1 is 1.06 bits per heavy atom. The summed E-state index contributed by atoms with van der Waals surface area (Å²) in [6.45, 7) is 1.29. The van der Waals surface area contributed by atoms with Crippen molar-refractivity contribution < 1.29 is 23.1 Å². The highest BCUT2D eigenvalue weighted by Gasteiger charge is 2.28. The number of anilines is 1. The van der Waals surface area contributed by atoms with Gasteiger partial charge in [-0.3, -0.25) is 9.10 Å². The molecule has 0 radical (unpaired) electrons. The predicted octanol–water partition coefficient (Wildman–Crippen LogP) is 3.05. The average Bonchev–Trinajstić information content (AvgIpc) is 2.80. The molecule has 0 aliphatic carbocycles. The summed E-state index contributed by atoms with van der Waals surface area (Å²) in [6.07, 6.45) is 1.25. The molecule has 0 saturated heterocycles.